The zero-order chi connectivity index (χ0) is 22.6. The summed E-state index contributed by atoms with van der Waals surface area (Å²) in [6.45, 7) is 7.21. The molecule has 1 aliphatic rings. The summed E-state index contributed by atoms with van der Waals surface area (Å²) < 4.78 is 25.3. The zero-order valence-corrected chi connectivity index (χ0v) is 18.7. The number of likely N-dealkylation sites (N-methyl/N-ethyl adjacent to an activating group) is 1. The highest BCUT2D eigenvalue weighted by Gasteiger charge is 2.28. The number of hydrogen-bond acceptors (Lipinski definition) is 5. The number of alkyl carbamates (subject to hydrolysis) is 1. The molecule has 0 bridgehead atoms. The van der Waals surface area contributed by atoms with Crippen LogP contribution in [0.5, 0.6) is 0 Å². The van der Waals surface area contributed by atoms with Crippen LogP contribution in [0.2, 0.25) is 0 Å². The van der Waals surface area contributed by atoms with E-state index < -0.39 is 6.09 Å². The molecule has 1 aromatic rings. The number of nitrogens with zero attached hydrogens (tertiary/aromatic N) is 1. The minimum atomic E-state index is -0.518. The molecule has 1 fully saturated rings. The van der Waals surface area contributed by atoms with E-state index in [-0.39, 0.29) is 43.6 Å². The van der Waals surface area contributed by atoms with Gasteiger partial charge in [0.2, 0.25) is 0 Å². The summed E-state index contributed by atoms with van der Waals surface area (Å²) in [5.41, 5.74) is 1.36. The lowest BCUT2D eigenvalue weighted by Crippen LogP contribution is -2.49. The Morgan fingerprint density at radius 2 is 2.13 bits per heavy atom. The molecule has 0 aromatic heterocycles. The van der Waals surface area contributed by atoms with Crippen LogP contribution in [-0.2, 0) is 16.1 Å². The number of halogens is 1. The van der Waals surface area contributed by atoms with Crippen LogP contribution < -0.4 is 16.0 Å². The van der Waals surface area contributed by atoms with Crippen molar-refractivity contribution in [2.45, 2.75) is 45.3 Å². The number of piperidine rings is 1. The van der Waals surface area contributed by atoms with Crippen molar-refractivity contribution in [3.8, 4) is 0 Å². The van der Waals surface area contributed by atoms with Gasteiger partial charge in [-0.25, -0.2) is 14.0 Å². The maximum atomic E-state index is 14.8. The second-order valence-electron chi connectivity index (χ2n) is 7.69. The summed E-state index contributed by atoms with van der Waals surface area (Å²) in [5.74, 6) is -0.374. The summed E-state index contributed by atoms with van der Waals surface area (Å²) in [4.78, 5) is 25.5. The van der Waals surface area contributed by atoms with Crippen molar-refractivity contribution in [1.29, 1.82) is 0 Å². The molecule has 2 atom stereocenters. The Labute approximate surface area is 183 Å². The Morgan fingerprint density at radius 3 is 2.87 bits per heavy atom. The molecule has 2 rings (SSSR count). The number of carbonyl (C=O) groups excluding carboxylic acids is 2. The van der Waals surface area contributed by atoms with E-state index >= 15 is 0 Å². The number of likely N-dealkylation sites (tertiary alicyclic amines) is 1. The van der Waals surface area contributed by atoms with Gasteiger partial charge in [-0.2, -0.15) is 0 Å². The Morgan fingerprint density at radius 1 is 1.32 bits per heavy atom. The van der Waals surface area contributed by atoms with Crippen LogP contribution in [0.1, 0.15) is 43.7 Å². The van der Waals surface area contributed by atoms with Crippen LogP contribution in [0.4, 0.5) is 14.0 Å². The van der Waals surface area contributed by atoms with Crippen LogP contribution in [0.25, 0.3) is 0 Å². The first-order chi connectivity index (χ1) is 15.0. The molecule has 0 saturated carbocycles. The molecule has 8 nitrogen and oxygen atoms in total. The molecule has 0 spiro atoms. The Bertz CT molecular complexity index is 719. The van der Waals surface area contributed by atoms with E-state index in [2.05, 4.69) is 16.0 Å². The van der Waals surface area contributed by atoms with Crippen LogP contribution >= 0.6 is 0 Å². The molecule has 174 valence electrons. The molecule has 1 heterocycles. The lowest BCUT2D eigenvalue weighted by Gasteiger charge is -2.34. The highest BCUT2D eigenvalue weighted by atomic mass is 19.1. The van der Waals surface area contributed by atoms with Gasteiger partial charge in [0.1, 0.15) is 12.4 Å². The Balaban J connectivity index is 1.96. The number of benzene rings is 1. The van der Waals surface area contributed by atoms with Crippen molar-refractivity contribution < 1.29 is 23.5 Å². The normalized spacial score (nSPS) is 17.2. The van der Waals surface area contributed by atoms with Gasteiger partial charge in [0.25, 0.3) is 0 Å². The first kappa shape index (κ1) is 24.9. The van der Waals surface area contributed by atoms with Crippen LogP contribution in [-0.4, -0.2) is 69.5 Å². The van der Waals surface area contributed by atoms with Gasteiger partial charge in [-0.05, 0) is 43.5 Å². The molecule has 3 amide bonds. The van der Waals surface area contributed by atoms with Crippen molar-refractivity contribution in [3.05, 3.63) is 35.1 Å². The highest BCUT2D eigenvalue weighted by Crippen LogP contribution is 2.32. The molecule has 0 unspecified atom stereocenters. The molecule has 0 aliphatic carbocycles. The van der Waals surface area contributed by atoms with Gasteiger partial charge < -0.3 is 30.3 Å². The number of urea groups is 1. The summed E-state index contributed by atoms with van der Waals surface area (Å²) in [6, 6.07) is 4.85. The van der Waals surface area contributed by atoms with Crippen molar-refractivity contribution >= 4 is 12.1 Å². The standard InChI is InChI=1S/C22H35FN4O4/c1-4-25-13-16(2)26-21(28)27-10-6-8-17(14-27)20-18(7-5-9-19(20)23)15-30-11-12-31-22(29)24-3/h5,7,9,16-17,25H,4,6,8,10-15H2,1-3H3,(H,24,29)(H,26,28)/t16-,17-/m0/s1. The summed E-state index contributed by atoms with van der Waals surface area (Å²) in [5, 5.41) is 8.58. The largest absolute Gasteiger partial charge is 0.447 e. The molecule has 3 N–H and O–H groups in total. The number of hydrogen-bond donors (Lipinski definition) is 3. The number of amides is 3. The first-order valence-electron chi connectivity index (χ1n) is 10.9. The Kier molecular flexibility index (Phi) is 10.5. The average Bonchev–Trinajstić information content (AvgIpc) is 2.77. The highest BCUT2D eigenvalue weighted by molar-refractivity contribution is 5.74. The minimum absolute atomic E-state index is 0.0160. The lowest BCUT2D eigenvalue weighted by molar-refractivity contribution is 0.0648. The van der Waals surface area contributed by atoms with Crippen molar-refractivity contribution in [3.63, 3.8) is 0 Å². The minimum Gasteiger partial charge on any atom is -0.447 e. The van der Waals surface area contributed by atoms with E-state index in [0.717, 1.165) is 24.9 Å². The molecular formula is C22H35FN4O4. The summed E-state index contributed by atoms with van der Waals surface area (Å²) in [6.07, 6.45) is 1.11. The fourth-order valence-electron chi connectivity index (χ4n) is 3.72. The second kappa shape index (κ2) is 13.1. The van der Waals surface area contributed by atoms with Crippen LogP contribution in [0, 0.1) is 5.82 Å². The second-order valence-corrected chi connectivity index (χ2v) is 7.69. The predicted molar refractivity (Wildman–Crippen MR) is 117 cm³/mol. The van der Waals surface area contributed by atoms with Crippen molar-refractivity contribution in [2.75, 3.05) is 46.4 Å². The fraction of sp³-hybridized carbons (Fsp3) is 0.636. The number of nitrogens with one attached hydrogen (secondary N) is 3. The molecular weight excluding hydrogens is 403 g/mol. The van der Waals surface area contributed by atoms with Crippen LogP contribution in [0.3, 0.4) is 0 Å². The van der Waals surface area contributed by atoms with Gasteiger partial charge >= 0.3 is 12.1 Å². The van der Waals surface area contributed by atoms with Gasteiger partial charge in [-0.1, -0.05) is 19.1 Å². The van der Waals surface area contributed by atoms with Gasteiger partial charge in [-0.15, -0.1) is 0 Å². The molecule has 1 aromatic carbocycles. The molecule has 1 saturated heterocycles. The first-order valence-corrected chi connectivity index (χ1v) is 10.9. The van der Waals surface area contributed by atoms with Gasteiger partial charge in [-0.3, -0.25) is 0 Å². The van der Waals surface area contributed by atoms with E-state index in [1.54, 1.807) is 11.0 Å². The Hall–Kier alpha value is -2.39. The van der Waals surface area contributed by atoms with Crippen molar-refractivity contribution in [2.24, 2.45) is 0 Å². The smallest absolute Gasteiger partial charge is 0.406 e. The summed E-state index contributed by atoms with van der Waals surface area (Å²) >= 11 is 0. The van der Waals surface area contributed by atoms with E-state index in [4.69, 9.17) is 9.47 Å². The van der Waals surface area contributed by atoms with Gasteiger partial charge in [0.15, 0.2) is 0 Å². The summed E-state index contributed by atoms with van der Waals surface area (Å²) in [7, 11) is 1.48. The number of rotatable bonds is 10. The van der Waals surface area contributed by atoms with Crippen molar-refractivity contribution in [1.82, 2.24) is 20.9 Å². The third kappa shape index (κ3) is 7.99. The monoisotopic (exact) mass is 438 g/mol. The maximum Gasteiger partial charge on any atom is 0.406 e. The topological polar surface area (TPSA) is 91.9 Å². The molecule has 1 aliphatic heterocycles. The molecule has 0 radical (unpaired) electrons. The van der Waals surface area contributed by atoms with Crippen LogP contribution in [0.15, 0.2) is 18.2 Å². The maximum absolute atomic E-state index is 14.8. The van der Waals surface area contributed by atoms with E-state index in [1.165, 1.54) is 13.1 Å². The van der Waals surface area contributed by atoms with E-state index in [0.29, 0.717) is 25.2 Å². The lowest BCUT2D eigenvalue weighted by atomic mass is 9.87. The fourth-order valence-corrected chi connectivity index (χ4v) is 3.72. The zero-order valence-electron chi connectivity index (χ0n) is 18.7. The molecule has 9 heteroatoms. The van der Waals surface area contributed by atoms with E-state index in [9.17, 15) is 14.0 Å². The quantitative estimate of drug-likeness (QED) is 0.489. The van der Waals surface area contributed by atoms with Gasteiger partial charge in [0.05, 0.1) is 13.2 Å². The van der Waals surface area contributed by atoms with E-state index in [1.807, 2.05) is 19.9 Å². The third-order valence-corrected chi connectivity index (χ3v) is 5.25. The number of carbonyl (C=O) groups is 2. The predicted octanol–water partition coefficient (Wildman–Crippen LogP) is 2.59. The van der Waals surface area contributed by atoms with Gasteiger partial charge in [0, 0.05) is 38.6 Å². The SMILES string of the molecule is CCNC[C@H](C)NC(=O)N1CCC[C@H](c2c(F)cccc2COCCOC(=O)NC)C1. The number of ether oxygens (including phenoxy) is 2. The molecule has 31 heavy (non-hydrogen) atoms. The third-order valence-electron chi connectivity index (χ3n) is 5.25. The average molecular weight is 439 g/mol.